The Hall–Kier alpha value is -3.79. The molecule has 7 nitrogen and oxygen atoms in total. The monoisotopic (exact) mass is 635 g/mol. The molecule has 2 amide bonds. The van der Waals surface area contributed by atoms with Crippen LogP contribution < -0.4 is 9.62 Å². The zero-order valence-electron chi connectivity index (χ0n) is 24.2. The van der Waals surface area contributed by atoms with E-state index in [0.29, 0.717) is 10.7 Å². The lowest BCUT2D eigenvalue weighted by Crippen LogP contribution is -2.53. The number of anilines is 1. The Balaban J connectivity index is 1.77. The van der Waals surface area contributed by atoms with E-state index in [-0.39, 0.29) is 23.8 Å². The van der Waals surface area contributed by atoms with Crippen molar-refractivity contribution in [2.75, 3.05) is 24.2 Å². The van der Waals surface area contributed by atoms with Crippen molar-refractivity contribution in [2.24, 2.45) is 0 Å². The van der Waals surface area contributed by atoms with E-state index in [1.165, 1.54) is 23.7 Å². The number of aryl methyl sites for hydroxylation is 1. The van der Waals surface area contributed by atoms with E-state index in [2.05, 4.69) is 5.32 Å². The molecule has 1 atom stereocenters. The maximum atomic E-state index is 14.3. The van der Waals surface area contributed by atoms with Gasteiger partial charge in [0, 0.05) is 29.9 Å². The second-order valence-corrected chi connectivity index (χ2v) is 13.2. The lowest BCUT2D eigenvalue weighted by atomic mass is 10.0. The Morgan fingerprint density at radius 1 is 0.860 bits per heavy atom. The van der Waals surface area contributed by atoms with Gasteiger partial charge in [0.2, 0.25) is 11.8 Å². The predicted octanol–water partition coefficient (Wildman–Crippen LogP) is 5.95. The quantitative estimate of drug-likeness (QED) is 0.194. The third-order valence-electron chi connectivity index (χ3n) is 7.03. The summed E-state index contributed by atoms with van der Waals surface area (Å²) in [7, 11) is -2.63. The van der Waals surface area contributed by atoms with Crippen LogP contribution in [0.15, 0.2) is 113 Å². The molecule has 0 spiro atoms. The van der Waals surface area contributed by atoms with Crippen molar-refractivity contribution in [1.29, 1.82) is 0 Å². The number of thioether (sulfide) groups is 1. The highest BCUT2D eigenvalue weighted by atomic mass is 35.5. The summed E-state index contributed by atoms with van der Waals surface area (Å²) in [6.45, 7) is 1.47. The summed E-state index contributed by atoms with van der Waals surface area (Å²) in [4.78, 5) is 30.1. The predicted molar refractivity (Wildman–Crippen MR) is 174 cm³/mol. The lowest BCUT2D eigenvalue weighted by molar-refractivity contribution is -0.139. The highest BCUT2D eigenvalue weighted by Crippen LogP contribution is 2.27. The first-order valence-corrected chi connectivity index (χ1v) is 16.7. The number of benzene rings is 4. The Morgan fingerprint density at radius 3 is 2.07 bits per heavy atom. The minimum absolute atomic E-state index is 0.0649. The lowest BCUT2D eigenvalue weighted by Gasteiger charge is -2.33. The number of hydrogen-bond donors (Lipinski definition) is 1. The molecular weight excluding hydrogens is 602 g/mol. The normalized spacial score (nSPS) is 11.9. The molecule has 0 saturated carbocycles. The Labute approximate surface area is 262 Å². The van der Waals surface area contributed by atoms with Crippen LogP contribution in [0.5, 0.6) is 0 Å². The van der Waals surface area contributed by atoms with Crippen molar-refractivity contribution in [3.8, 4) is 0 Å². The average molecular weight is 636 g/mol. The number of halogens is 1. The number of amides is 2. The SMILES string of the molecule is CNC(=O)[C@H](Cc1ccccc1)N(Cc1ccc(Cl)cc1)C(=O)CN(c1ccc(C)cc1)S(=O)(=O)c1ccc(SC)cc1. The molecule has 43 heavy (non-hydrogen) atoms. The summed E-state index contributed by atoms with van der Waals surface area (Å²) in [6.07, 6.45) is 2.15. The number of nitrogens with zero attached hydrogens (tertiary/aromatic N) is 2. The van der Waals surface area contributed by atoms with Gasteiger partial charge in [-0.05, 0) is 72.8 Å². The molecule has 10 heteroatoms. The number of carbonyl (C=O) groups excluding carboxylic acids is 2. The van der Waals surface area contributed by atoms with E-state index in [4.69, 9.17) is 11.6 Å². The van der Waals surface area contributed by atoms with Crippen LogP contribution in [0.25, 0.3) is 0 Å². The van der Waals surface area contributed by atoms with Gasteiger partial charge in [0.15, 0.2) is 0 Å². The maximum absolute atomic E-state index is 14.3. The van der Waals surface area contributed by atoms with Gasteiger partial charge in [0.1, 0.15) is 12.6 Å². The van der Waals surface area contributed by atoms with Crippen LogP contribution in [-0.4, -0.2) is 51.0 Å². The van der Waals surface area contributed by atoms with Crippen molar-refractivity contribution in [1.82, 2.24) is 10.2 Å². The smallest absolute Gasteiger partial charge is 0.264 e. The zero-order chi connectivity index (χ0) is 31.0. The summed E-state index contributed by atoms with van der Waals surface area (Å²) in [5.41, 5.74) is 2.90. The minimum atomic E-state index is -4.15. The van der Waals surface area contributed by atoms with Gasteiger partial charge in [-0.15, -0.1) is 11.8 Å². The molecule has 4 rings (SSSR count). The highest BCUT2D eigenvalue weighted by Gasteiger charge is 2.34. The Morgan fingerprint density at radius 2 is 1.49 bits per heavy atom. The largest absolute Gasteiger partial charge is 0.357 e. The second kappa shape index (κ2) is 14.6. The Bertz CT molecular complexity index is 1630. The van der Waals surface area contributed by atoms with E-state index in [0.717, 1.165) is 25.9 Å². The van der Waals surface area contributed by atoms with Crippen molar-refractivity contribution in [3.63, 3.8) is 0 Å². The maximum Gasteiger partial charge on any atom is 0.264 e. The molecule has 0 unspecified atom stereocenters. The molecule has 0 fully saturated rings. The third-order valence-corrected chi connectivity index (χ3v) is 9.82. The van der Waals surface area contributed by atoms with Gasteiger partial charge in [-0.3, -0.25) is 13.9 Å². The van der Waals surface area contributed by atoms with Gasteiger partial charge in [-0.1, -0.05) is 71.8 Å². The molecule has 0 saturated heterocycles. The number of likely N-dealkylation sites (N-methyl/N-ethyl adjacent to an activating group) is 1. The molecular formula is C33H34ClN3O4S2. The molecule has 224 valence electrons. The van der Waals surface area contributed by atoms with Crippen molar-refractivity contribution in [3.05, 3.63) is 125 Å². The van der Waals surface area contributed by atoms with Gasteiger partial charge in [-0.25, -0.2) is 8.42 Å². The molecule has 4 aromatic carbocycles. The summed E-state index contributed by atoms with van der Waals surface area (Å²) in [6, 6.07) is 29.0. The molecule has 0 aromatic heterocycles. The zero-order valence-corrected chi connectivity index (χ0v) is 26.6. The average Bonchev–Trinajstić information content (AvgIpc) is 3.03. The van der Waals surface area contributed by atoms with Gasteiger partial charge < -0.3 is 10.2 Å². The summed E-state index contributed by atoms with van der Waals surface area (Å²) < 4.78 is 29.3. The van der Waals surface area contributed by atoms with Gasteiger partial charge >= 0.3 is 0 Å². The summed E-state index contributed by atoms with van der Waals surface area (Å²) in [5.74, 6) is -0.882. The molecule has 4 aromatic rings. The number of sulfonamides is 1. The molecule has 0 radical (unpaired) electrons. The van der Waals surface area contributed by atoms with Crippen LogP contribution >= 0.6 is 23.4 Å². The fraction of sp³-hybridized carbons (Fsp3) is 0.212. The van der Waals surface area contributed by atoms with Gasteiger partial charge in [0.05, 0.1) is 10.6 Å². The molecule has 1 N–H and O–H groups in total. The molecule has 0 aliphatic rings. The topological polar surface area (TPSA) is 86.8 Å². The van der Waals surface area contributed by atoms with Crippen LogP contribution in [0.2, 0.25) is 5.02 Å². The fourth-order valence-corrected chi connectivity index (χ4v) is 6.57. The van der Waals surface area contributed by atoms with Gasteiger partial charge in [0.25, 0.3) is 10.0 Å². The van der Waals surface area contributed by atoms with Crippen LogP contribution in [0.4, 0.5) is 5.69 Å². The fourth-order valence-electron chi connectivity index (χ4n) is 4.62. The molecule has 0 bridgehead atoms. The first kappa shape index (κ1) is 32.1. The third kappa shape index (κ3) is 8.19. The standard InChI is InChI=1S/C33H34ClN3O4S2/c1-24-9-15-28(16-10-24)37(43(40,41)30-19-17-29(42-3)18-20-30)23-32(38)36(22-26-11-13-27(34)14-12-26)31(33(39)35-2)21-25-7-5-4-6-8-25/h4-20,31H,21-23H2,1-3H3,(H,35,39)/t31-/m0/s1. The van der Waals surface area contributed by atoms with Crippen LogP contribution in [0.3, 0.4) is 0 Å². The van der Waals surface area contributed by atoms with Crippen LogP contribution in [0.1, 0.15) is 16.7 Å². The van der Waals surface area contributed by atoms with E-state index in [1.54, 1.807) is 72.8 Å². The first-order chi connectivity index (χ1) is 20.6. The van der Waals surface area contributed by atoms with Crippen LogP contribution in [-0.2, 0) is 32.6 Å². The highest BCUT2D eigenvalue weighted by molar-refractivity contribution is 7.98. The van der Waals surface area contributed by atoms with E-state index in [9.17, 15) is 18.0 Å². The number of rotatable bonds is 12. The first-order valence-electron chi connectivity index (χ1n) is 13.6. The van der Waals surface area contributed by atoms with E-state index < -0.39 is 28.5 Å². The summed E-state index contributed by atoms with van der Waals surface area (Å²) in [5, 5.41) is 3.23. The van der Waals surface area contributed by atoms with Crippen molar-refractivity contribution < 1.29 is 18.0 Å². The Kier molecular flexibility index (Phi) is 10.9. The molecule has 0 heterocycles. The molecule has 0 aliphatic carbocycles. The molecule has 0 aliphatic heterocycles. The van der Waals surface area contributed by atoms with E-state index in [1.807, 2.05) is 43.5 Å². The van der Waals surface area contributed by atoms with Crippen molar-refractivity contribution in [2.45, 2.75) is 35.7 Å². The van der Waals surface area contributed by atoms with Gasteiger partial charge in [-0.2, -0.15) is 0 Å². The second-order valence-electron chi connectivity index (χ2n) is 9.99. The van der Waals surface area contributed by atoms with E-state index >= 15 is 0 Å². The summed E-state index contributed by atoms with van der Waals surface area (Å²) >= 11 is 7.61. The van der Waals surface area contributed by atoms with Crippen molar-refractivity contribution >= 4 is 50.9 Å². The van der Waals surface area contributed by atoms with Crippen LogP contribution in [0, 0.1) is 6.92 Å². The minimum Gasteiger partial charge on any atom is -0.357 e. The number of carbonyl (C=O) groups is 2. The number of nitrogens with one attached hydrogen (secondary N) is 1. The number of hydrogen-bond acceptors (Lipinski definition) is 5.